The smallest absolute Gasteiger partial charge is 0.232 e. The van der Waals surface area contributed by atoms with Gasteiger partial charge >= 0.3 is 0 Å². The number of hydrogen-bond donors (Lipinski definition) is 1. The Morgan fingerprint density at radius 3 is 2.82 bits per heavy atom. The van der Waals surface area contributed by atoms with Gasteiger partial charge in [-0.1, -0.05) is 36.7 Å². The Hall–Kier alpha value is -0.670. The van der Waals surface area contributed by atoms with E-state index in [1.165, 1.54) is 0 Å². The van der Waals surface area contributed by atoms with Crippen molar-refractivity contribution in [2.75, 3.05) is 6.54 Å². The predicted octanol–water partition coefficient (Wildman–Crippen LogP) is 3.49. The van der Waals surface area contributed by atoms with Crippen molar-refractivity contribution in [2.24, 2.45) is 0 Å². The number of nitrogens with one attached hydrogen (secondary N) is 1. The maximum absolute atomic E-state index is 11.6. The lowest BCUT2D eigenvalue weighted by Gasteiger charge is -2.11. The van der Waals surface area contributed by atoms with Crippen molar-refractivity contribution in [3.63, 3.8) is 0 Å². The standard InChI is InChI=1S/C13H18ClNOS/c1-3-8-15-13(16)10(2)17-9-11-6-4-5-7-12(11)14/h4-7,10H,3,8-9H2,1-2H3,(H,15,16). The fraction of sp³-hybridized carbons (Fsp3) is 0.462. The molecule has 0 aliphatic rings. The molecule has 0 heterocycles. The zero-order valence-electron chi connectivity index (χ0n) is 10.2. The molecule has 0 fully saturated rings. The highest BCUT2D eigenvalue weighted by molar-refractivity contribution is 7.99. The molecule has 1 unspecified atom stereocenters. The minimum atomic E-state index is -0.0437. The molecule has 4 heteroatoms. The average molecular weight is 272 g/mol. The van der Waals surface area contributed by atoms with Gasteiger partial charge in [0.2, 0.25) is 5.91 Å². The number of rotatable bonds is 6. The van der Waals surface area contributed by atoms with E-state index in [0.717, 1.165) is 29.3 Å². The molecule has 1 amide bonds. The summed E-state index contributed by atoms with van der Waals surface area (Å²) in [6, 6.07) is 7.74. The second kappa shape index (κ2) is 7.62. The zero-order valence-corrected chi connectivity index (χ0v) is 11.8. The van der Waals surface area contributed by atoms with Crippen LogP contribution in [0.25, 0.3) is 0 Å². The molecule has 1 rings (SSSR count). The summed E-state index contributed by atoms with van der Waals surface area (Å²) in [5.41, 5.74) is 1.08. The lowest BCUT2D eigenvalue weighted by molar-refractivity contribution is -0.120. The molecule has 1 N–H and O–H groups in total. The Morgan fingerprint density at radius 2 is 2.18 bits per heavy atom. The van der Waals surface area contributed by atoms with E-state index < -0.39 is 0 Å². The predicted molar refractivity (Wildman–Crippen MR) is 75.5 cm³/mol. The molecule has 0 aliphatic carbocycles. The summed E-state index contributed by atoms with van der Waals surface area (Å²) in [6.45, 7) is 4.71. The van der Waals surface area contributed by atoms with E-state index in [1.807, 2.05) is 38.1 Å². The van der Waals surface area contributed by atoms with Crippen molar-refractivity contribution in [2.45, 2.75) is 31.3 Å². The fourth-order valence-electron chi connectivity index (χ4n) is 1.30. The Balaban J connectivity index is 2.40. The number of benzene rings is 1. The summed E-state index contributed by atoms with van der Waals surface area (Å²) in [4.78, 5) is 11.6. The summed E-state index contributed by atoms with van der Waals surface area (Å²) >= 11 is 7.66. The highest BCUT2D eigenvalue weighted by atomic mass is 35.5. The first-order chi connectivity index (χ1) is 8.15. The summed E-state index contributed by atoms with van der Waals surface area (Å²) in [6.07, 6.45) is 0.966. The van der Waals surface area contributed by atoms with Gasteiger partial charge in [0, 0.05) is 17.3 Å². The van der Waals surface area contributed by atoms with E-state index in [0.29, 0.717) is 0 Å². The van der Waals surface area contributed by atoms with E-state index in [9.17, 15) is 4.79 Å². The van der Waals surface area contributed by atoms with Gasteiger partial charge in [-0.25, -0.2) is 0 Å². The molecular weight excluding hydrogens is 254 g/mol. The van der Waals surface area contributed by atoms with Gasteiger partial charge < -0.3 is 5.32 Å². The lowest BCUT2D eigenvalue weighted by atomic mass is 10.2. The normalized spacial score (nSPS) is 12.2. The molecule has 0 spiro atoms. The third kappa shape index (κ3) is 5.00. The number of carbonyl (C=O) groups excluding carboxylic acids is 1. The topological polar surface area (TPSA) is 29.1 Å². The molecule has 0 bridgehead atoms. The summed E-state index contributed by atoms with van der Waals surface area (Å²) in [5, 5.41) is 3.61. The summed E-state index contributed by atoms with van der Waals surface area (Å²) in [5.74, 6) is 0.865. The second-order valence-electron chi connectivity index (χ2n) is 3.84. The third-order valence-electron chi connectivity index (χ3n) is 2.37. The van der Waals surface area contributed by atoms with Crippen LogP contribution in [0.15, 0.2) is 24.3 Å². The Kier molecular flexibility index (Phi) is 6.45. The van der Waals surface area contributed by atoms with Crippen LogP contribution in [-0.2, 0) is 10.5 Å². The number of halogens is 1. The second-order valence-corrected chi connectivity index (χ2v) is 5.57. The molecule has 0 aromatic heterocycles. The highest BCUT2D eigenvalue weighted by Gasteiger charge is 2.12. The van der Waals surface area contributed by atoms with Gasteiger partial charge in [0.15, 0.2) is 0 Å². The third-order valence-corrected chi connectivity index (χ3v) is 3.93. The van der Waals surface area contributed by atoms with E-state index in [2.05, 4.69) is 5.32 Å². The number of hydrogen-bond acceptors (Lipinski definition) is 2. The van der Waals surface area contributed by atoms with Gasteiger partial charge in [-0.05, 0) is 25.0 Å². The van der Waals surface area contributed by atoms with Crippen LogP contribution in [0, 0.1) is 0 Å². The van der Waals surface area contributed by atoms with Crippen molar-refractivity contribution in [1.82, 2.24) is 5.32 Å². The quantitative estimate of drug-likeness (QED) is 0.858. The van der Waals surface area contributed by atoms with Gasteiger partial charge in [-0.15, -0.1) is 11.8 Å². The average Bonchev–Trinajstić information content (AvgIpc) is 2.34. The van der Waals surface area contributed by atoms with Crippen LogP contribution in [-0.4, -0.2) is 17.7 Å². The van der Waals surface area contributed by atoms with E-state index >= 15 is 0 Å². The maximum atomic E-state index is 11.6. The van der Waals surface area contributed by atoms with E-state index in [1.54, 1.807) is 11.8 Å². The molecule has 1 atom stereocenters. The van der Waals surface area contributed by atoms with Crippen molar-refractivity contribution in [3.8, 4) is 0 Å². The highest BCUT2D eigenvalue weighted by Crippen LogP contribution is 2.23. The van der Waals surface area contributed by atoms with Crippen LogP contribution in [0.4, 0.5) is 0 Å². The first-order valence-electron chi connectivity index (χ1n) is 5.78. The molecule has 1 aromatic rings. The molecular formula is C13H18ClNOS. The van der Waals surface area contributed by atoms with Crippen LogP contribution in [0.3, 0.4) is 0 Å². The maximum Gasteiger partial charge on any atom is 0.232 e. The summed E-state index contributed by atoms with van der Waals surface area (Å²) in [7, 11) is 0. The van der Waals surface area contributed by atoms with Gasteiger partial charge in [0.05, 0.1) is 5.25 Å². The van der Waals surface area contributed by atoms with E-state index in [4.69, 9.17) is 11.6 Å². The molecule has 17 heavy (non-hydrogen) atoms. The largest absolute Gasteiger partial charge is 0.355 e. The summed E-state index contributed by atoms with van der Waals surface area (Å²) < 4.78 is 0. The Labute approximate surface area is 112 Å². The van der Waals surface area contributed by atoms with Crippen molar-refractivity contribution >= 4 is 29.3 Å². The van der Waals surface area contributed by atoms with Crippen molar-refractivity contribution in [1.29, 1.82) is 0 Å². The minimum absolute atomic E-state index is 0.0437. The van der Waals surface area contributed by atoms with Gasteiger partial charge in [-0.2, -0.15) is 0 Å². The minimum Gasteiger partial charge on any atom is -0.355 e. The van der Waals surface area contributed by atoms with Gasteiger partial charge in [-0.3, -0.25) is 4.79 Å². The molecule has 0 saturated carbocycles. The fourth-order valence-corrected chi connectivity index (χ4v) is 2.50. The van der Waals surface area contributed by atoms with Crippen molar-refractivity contribution < 1.29 is 4.79 Å². The molecule has 94 valence electrons. The first-order valence-corrected chi connectivity index (χ1v) is 7.20. The Morgan fingerprint density at radius 1 is 1.47 bits per heavy atom. The molecule has 1 aromatic carbocycles. The van der Waals surface area contributed by atoms with Gasteiger partial charge in [0.1, 0.15) is 0 Å². The van der Waals surface area contributed by atoms with Crippen LogP contribution >= 0.6 is 23.4 Å². The molecule has 0 radical (unpaired) electrons. The van der Waals surface area contributed by atoms with Gasteiger partial charge in [0.25, 0.3) is 0 Å². The van der Waals surface area contributed by atoms with Crippen LogP contribution in [0.2, 0.25) is 5.02 Å². The van der Waals surface area contributed by atoms with Crippen LogP contribution < -0.4 is 5.32 Å². The van der Waals surface area contributed by atoms with Crippen LogP contribution in [0.1, 0.15) is 25.8 Å². The first kappa shape index (κ1) is 14.4. The Bertz CT molecular complexity index is 370. The molecule has 2 nitrogen and oxygen atoms in total. The number of thioether (sulfide) groups is 1. The van der Waals surface area contributed by atoms with Crippen molar-refractivity contribution in [3.05, 3.63) is 34.9 Å². The number of amides is 1. The molecule has 0 aliphatic heterocycles. The zero-order chi connectivity index (χ0) is 12.7. The lowest BCUT2D eigenvalue weighted by Crippen LogP contribution is -2.31. The van der Waals surface area contributed by atoms with Crippen LogP contribution in [0.5, 0.6) is 0 Å². The monoisotopic (exact) mass is 271 g/mol. The van der Waals surface area contributed by atoms with E-state index in [-0.39, 0.29) is 11.2 Å². The SMILES string of the molecule is CCCNC(=O)C(C)SCc1ccccc1Cl. The molecule has 0 saturated heterocycles. The number of carbonyl (C=O) groups is 1.